The van der Waals surface area contributed by atoms with Crippen LogP contribution in [0.4, 0.5) is 10.5 Å². The van der Waals surface area contributed by atoms with Crippen LogP contribution in [0.2, 0.25) is 0 Å². The summed E-state index contributed by atoms with van der Waals surface area (Å²) >= 11 is 0. The number of rotatable bonds is 8. The Morgan fingerprint density at radius 1 is 0.968 bits per heavy atom. The Balaban J connectivity index is 1.53. The van der Waals surface area contributed by atoms with E-state index < -0.39 is 0 Å². The van der Waals surface area contributed by atoms with Crippen LogP contribution in [0.15, 0.2) is 53.3 Å². The number of aryl methyl sites for hydroxylation is 2. The van der Waals surface area contributed by atoms with Gasteiger partial charge in [0.15, 0.2) is 0 Å². The summed E-state index contributed by atoms with van der Waals surface area (Å²) in [7, 11) is 0. The summed E-state index contributed by atoms with van der Waals surface area (Å²) in [6.45, 7) is 7.01. The average molecular weight is 424 g/mol. The van der Waals surface area contributed by atoms with Gasteiger partial charge in [-0.15, -0.1) is 0 Å². The molecule has 0 aliphatic heterocycles. The number of fused-ring (bicyclic) bond motifs is 1. The number of hydrogen-bond acceptors (Lipinski definition) is 3. The fraction of sp³-hybridized carbons (Fsp3) is 0.348. The number of imidazole rings is 1. The molecule has 0 spiro atoms. The molecule has 3 aromatic rings. The molecule has 0 atom stereocenters. The van der Waals surface area contributed by atoms with Gasteiger partial charge < -0.3 is 16.0 Å². The third kappa shape index (κ3) is 5.53. The van der Waals surface area contributed by atoms with E-state index in [2.05, 4.69) is 16.0 Å². The van der Waals surface area contributed by atoms with E-state index in [1.807, 2.05) is 57.2 Å². The van der Waals surface area contributed by atoms with Gasteiger partial charge in [-0.05, 0) is 50.6 Å². The molecule has 0 bridgehead atoms. The summed E-state index contributed by atoms with van der Waals surface area (Å²) in [5, 5.41) is 8.40. The van der Waals surface area contributed by atoms with Gasteiger partial charge in [-0.2, -0.15) is 0 Å². The largest absolute Gasteiger partial charge is 0.352 e. The summed E-state index contributed by atoms with van der Waals surface area (Å²) in [5.74, 6) is -0.126. The molecular weight excluding hydrogens is 394 g/mol. The number of hydrogen-bond donors (Lipinski definition) is 3. The van der Waals surface area contributed by atoms with Crippen molar-refractivity contribution in [2.75, 3.05) is 5.32 Å². The Labute approximate surface area is 181 Å². The number of aromatic nitrogens is 2. The molecule has 3 N–H and O–H groups in total. The molecule has 3 rings (SSSR count). The number of carbonyl (C=O) groups excluding carboxylic acids is 2. The van der Waals surface area contributed by atoms with Crippen LogP contribution in [0.3, 0.4) is 0 Å². The van der Waals surface area contributed by atoms with Gasteiger partial charge in [0.1, 0.15) is 0 Å². The molecule has 0 radical (unpaired) electrons. The van der Waals surface area contributed by atoms with E-state index in [1.165, 1.54) is 0 Å². The van der Waals surface area contributed by atoms with Crippen molar-refractivity contribution in [3.8, 4) is 0 Å². The van der Waals surface area contributed by atoms with Gasteiger partial charge in [-0.1, -0.05) is 24.3 Å². The molecule has 8 heteroatoms. The Morgan fingerprint density at radius 2 is 1.61 bits per heavy atom. The van der Waals surface area contributed by atoms with Crippen molar-refractivity contribution in [3.05, 3.63) is 64.6 Å². The molecule has 0 aliphatic rings. The monoisotopic (exact) mass is 423 g/mol. The van der Waals surface area contributed by atoms with Crippen LogP contribution in [-0.2, 0) is 24.4 Å². The van der Waals surface area contributed by atoms with Crippen LogP contribution in [0, 0.1) is 0 Å². The number of nitrogens with zero attached hydrogens (tertiary/aromatic N) is 2. The van der Waals surface area contributed by atoms with Gasteiger partial charge in [-0.3, -0.25) is 13.9 Å². The van der Waals surface area contributed by atoms with Crippen LogP contribution in [-0.4, -0.2) is 27.1 Å². The molecule has 0 fully saturated rings. The molecule has 0 aliphatic carbocycles. The molecule has 1 heterocycles. The van der Waals surface area contributed by atoms with Crippen molar-refractivity contribution in [3.63, 3.8) is 0 Å². The topological polar surface area (TPSA) is 97.2 Å². The molecule has 0 saturated carbocycles. The van der Waals surface area contributed by atoms with E-state index in [4.69, 9.17) is 0 Å². The first-order valence-corrected chi connectivity index (χ1v) is 10.5. The van der Waals surface area contributed by atoms with Crippen molar-refractivity contribution in [2.45, 2.75) is 52.9 Å². The smallest absolute Gasteiger partial charge is 0.329 e. The van der Waals surface area contributed by atoms with E-state index in [1.54, 1.807) is 21.3 Å². The average Bonchev–Trinajstić information content (AvgIpc) is 3.01. The van der Waals surface area contributed by atoms with Gasteiger partial charge >= 0.3 is 11.7 Å². The lowest BCUT2D eigenvalue weighted by Gasteiger charge is -2.11. The van der Waals surface area contributed by atoms with Crippen LogP contribution in [0.25, 0.3) is 11.0 Å². The molecular formula is C23H29N5O3. The summed E-state index contributed by atoms with van der Waals surface area (Å²) in [4.78, 5) is 36.7. The first-order valence-electron chi connectivity index (χ1n) is 10.5. The molecule has 3 amide bonds. The quantitative estimate of drug-likeness (QED) is 0.519. The normalized spacial score (nSPS) is 11.0. The highest BCUT2D eigenvalue weighted by Crippen LogP contribution is 2.13. The number of para-hydroxylation sites is 2. The zero-order chi connectivity index (χ0) is 22.4. The summed E-state index contributed by atoms with van der Waals surface area (Å²) in [5.41, 5.74) is 3.22. The second kappa shape index (κ2) is 9.97. The van der Waals surface area contributed by atoms with Crippen molar-refractivity contribution in [2.24, 2.45) is 0 Å². The minimum absolute atomic E-state index is 0.0591. The highest BCUT2D eigenvalue weighted by Gasteiger charge is 2.12. The SMILES string of the molecule is CCn1c(=O)n(CCC(=O)NCc2ccc(NC(=O)NC(C)C)cc2)c2ccccc21. The third-order valence-corrected chi connectivity index (χ3v) is 4.93. The minimum atomic E-state index is -0.254. The maximum atomic E-state index is 12.6. The zero-order valence-electron chi connectivity index (χ0n) is 18.1. The second-order valence-corrected chi connectivity index (χ2v) is 7.64. The summed E-state index contributed by atoms with van der Waals surface area (Å²) in [6.07, 6.45) is 0.215. The maximum absolute atomic E-state index is 12.6. The zero-order valence-corrected chi connectivity index (χ0v) is 18.1. The molecule has 0 unspecified atom stereocenters. The fourth-order valence-electron chi connectivity index (χ4n) is 3.43. The Bertz CT molecular complexity index is 1110. The Morgan fingerprint density at radius 3 is 2.23 bits per heavy atom. The van der Waals surface area contributed by atoms with Gasteiger partial charge in [-0.25, -0.2) is 9.59 Å². The number of benzene rings is 2. The number of urea groups is 1. The third-order valence-electron chi connectivity index (χ3n) is 4.93. The molecule has 2 aromatic carbocycles. The number of amides is 3. The highest BCUT2D eigenvalue weighted by molar-refractivity contribution is 5.89. The minimum Gasteiger partial charge on any atom is -0.352 e. The van der Waals surface area contributed by atoms with Crippen molar-refractivity contribution in [1.29, 1.82) is 0 Å². The van der Waals surface area contributed by atoms with Gasteiger partial charge in [0, 0.05) is 37.8 Å². The molecule has 164 valence electrons. The predicted molar refractivity (Wildman–Crippen MR) is 122 cm³/mol. The summed E-state index contributed by atoms with van der Waals surface area (Å²) < 4.78 is 3.37. The van der Waals surface area contributed by atoms with E-state index in [9.17, 15) is 14.4 Å². The van der Waals surface area contributed by atoms with Gasteiger partial charge in [0.2, 0.25) is 5.91 Å². The number of anilines is 1. The number of carbonyl (C=O) groups is 2. The van der Waals surface area contributed by atoms with Crippen molar-refractivity contribution >= 4 is 28.7 Å². The maximum Gasteiger partial charge on any atom is 0.329 e. The Kier molecular flexibility index (Phi) is 7.12. The summed E-state index contributed by atoms with van der Waals surface area (Å²) in [6, 6.07) is 14.7. The second-order valence-electron chi connectivity index (χ2n) is 7.64. The van der Waals surface area contributed by atoms with Crippen molar-refractivity contribution < 1.29 is 9.59 Å². The molecule has 1 aromatic heterocycles. The van der Waals surface area contributed by atoms with Gasteiger partial charge in [0.05, 0.1) is 11.0 Å². The molecule has 8 nitrogen and oxygen atoms in total. The number of nitrogens with one attached hydrogen (secondary N) is 3. The molecule has 0 saturated heterocycles. The van der Waals surface area contributed by atoms with Gasteiger partial charge in [0.25, 0.3) is 0 Å². The van der Waals surface area contributed by atoms with Crippen molar-refractivity contribution in [1.82, 2.24) is 19.8 Å². The van der Waals surface area contributed by atoms with E-state index in [0.29, 0.717) is 25.3 Å². The van der Waals surface area contributed by atoms with Crippen LogP contribution in [0.1, 0.15) is 32.8 Å². The van der Waals surface area contributed by atoms with E-state index in [-0.39, 0.29) is 30.1 Å². The lowest BCUT2D eigenvalue weighted by atomic mass is 10.2. The first kappa shape index (κ1) is 22.1. The van der Waals surface area contributed by atoms with E-state index in [0.717, 1.165) is 16.6 Å². The lowest BCUT2D eigenvalue weighted by Crippen LogP contribution is -2.34. The van der Waals surface area contributed by atoms with E-state index >= 15 is 0 Å². The standard InChI is InChI=1S/C23H29N5O3/c1-4-27-19-7-5-6-8-20(19)28(23(27)31)14-13-21(29)24-15-17-9-11-18(12-10-17)26-22(30)25-16(2)3/h5-12,16H,4,13-15H2,1-3H3,(H,24,29)(H2,25,26,30). The molecule has 31 heavy (non-hydrogen) atoms. The highest BCUT2D eigenvalue weighted by atomic mass is 16.2. The Hall–Kier alpha value is -3.55. The van der Waals surface area contributed by atoms with Crippen LogP contribution >= 0.6 is 0 Å². The fourth-order valence-corrected chi connectivity index (χ4v) is 3.43. The van der Waals surface area contributed by atoms with Crippen LogP contribution < -0.4 is 21.6 Å². The lowest BCUT2D eigenvalue weighted by molar-refractivity contribution is -0.121. The predicted octanol–water partition coefficient (Wildman–Crippen LogP) is 3.06. The van der Waals surface area contributed by atoms with Crippen LogP contribution in [0.5, 0.6) is 0 Å². The first-order chi connectivity index (χ1) is 14.9.